The van der Waals surface area contributed by atoms with Crippen LogP contribution in [0.15, 0.2) is 0 Å². The molecule has 0 bridgehead atoms. The van der Waals surface area contributed by atoms with Crippen molar-refractivity contribution in [3.05, 3.63) is 0 Å². The van der Waals surface area contributed by atoms with Crippen LogP contribution < -0.4 is 0 Å². The predicted molar refractivity (Wildman–Crippen MR) is 44.7 cm³/mol. The summed E-state index contributed by atoms with van der Waals surface area (Å²) in [6.45, 7) is 6.09. The first-order valence-corrected chi connectivity index (χ1v) is 4.04. The summed E-state index contributed by atoms with van der Waals surface area (Å²) >= 11 is 9.81. The fraction of sp³-hybridized carbons (Fsp3) is 1.00. The van der Waals surface area contributed by atoms with Crippen LogP contribution in [0, 0.1) is 0 Å². The van der Waals surface area contributed by atoms with E-state index >= 15 is 0 Å². The Bertz CT molecular complexity index is 34.7. The molecule has 0 heterocycles. The van der Waals surface area contributed by atoms with Crippen molar-refractivity contribution in [2.45, 2.75) is 13.8 Å². The molecule has 10 heavy (non-hydrogen) atoms. The smallest absolute Gasteiger partial charge is 0.0818 e. The minimum absolute atomic E-state index is 0.420. The van der Waals surface area contributed by atoms with Crippen LogP contribution in [0.2, 0.25) is 0 Å². The van der Waals surface area contributed by atoms with E-state index in [1.165, 1.54) is 0 Å². The van der Waals surface area contributed by atoms with Crippen molar-refractivity contribution >= 4 is 23.5 Å². The molecule has 0 aliphatic carbocycles. The van der Waals surface area contributed by atoms with Gasteiger partial charge in [0.1, 0.15) is 0 Å². The van der Waals surface area contributed by atoms with Crippen LogP contribution in [-0.4, -0.2) is 25.7 Å². The van der Waals surface area contributed by atoms with E-state index in [4.69, 9.17) is 28.2 Å². The quantitative estimate of drug-likeness (QED) is 0.632. The fourth-order valence-electron chi connectivity index (χ4n) is 0.233. The van der Waals surface area contributed by atoms with Crippen molar-refractivity contribution in [3.8, 4) is 0 Å². The van der Waals surface area contributed by atoms with Crippen LogP contribution in [0.3, 0.4) is 0 Å². The van der Waals surface area contributed by atoms with Crippen molar-refractivity contribution in [3.63, 3.8) is 0 Å². The zero-order valence-electron chi connectivity index (χ0n) is 6.40. The number of rotatable bonds is 4. The molecule has 64 valence electrons. The van der Waals surface area contributed by atoms with E-state index in [2.05, 4.69) is 4.29 Å². The highest BCUT2D eigenvalue weighted by Crippen LogP contribution is 1.79. The van der Waals surface area contributed by atoms with Gasteiger partial charge in [0.2, 0.25) is 0 Å². The van der Waals surface area contributed by atoms with Gasteiger partial charge in [-0.05, 0) is 13.8 Å². The fourth-order valence-corrected chi connectivity index (χ4v) is 0.467. The summed E-state index contributed by atoms with van der Waals surface area (Å²) in [5, 5.41) is 0. The Morgan fingerprint density at radius 2 is 1.70 bits per heavy atom. The van der Waals surface area contributed by atoms with Crippen molar-refractivity contribution < 1.29 is 9.03 Å². The average Bonchev–Trinajstić information content (AvgIpc) is 1.93. The van der Waals surface area contributed by atoms with E-state index in [0.29, 0.717) is 12.5 Å². The first-order valence-electron chi connectivity index (χ1n) is 3.20. The van der Waals surface area contributed by atoms with Crippen molar-refractivity contribution in [1.82, 2.24) is 0 Å². The molecule has 0 amide bonds. The Morgan fingerprint density at radius 3 is 1.70 bits per heavy atom. The summed E-state index contributed by atoms with van der Waals surface area (Å²) in [4.78, 5) is 0. The Labute approximate surface area is 72.6 Å². The molecule has 0 aromatic heterocycles. The standard InChI is InChI=1S/C4H10O.C2H4Cl2O/c1-3-5-4-2;3-1-2-5-4/h3-4H2,1-2H3;1-2H2. The molecular formula is C6H14Cl2O2. The van der Waals surface area contributed by atoms with E-state index in [1.54, 1.807) is 0 Å². The third kappa shape index (κ3) is 23.6. The summed E-state index contributed by atoms with van der Waals surface area (Å²) in [6, 6.07) is 0. The Morgan fingerprint density at radius 1 is 1.20 bits per heavy atom. The van der Waals surface area contributed by atoms with Crippen LogP contribution >= 0.6 is 23.5 Å². The molecule has 0 fully saturated rings. The average molecular weight is 189 g/mol. The molecule has 0 saturated carbocycles. The highest BCUT2D eigenvalue weighted by molar-refractivity contribution is 6.18. The Hall–Kier alpha value is 0.500. The second-order valence-electron chi connectivity index (χ2n) is 1.28. The van der Waals surface area contributed by atoms with Gasteiger partial charge in [0.25, 0.3) is 0 Å². The maximum Gasteiger partial charge on any atom is 0.0818 e. The molecule has 0 atom stereocenters. The molecule has 4 heteroatoms. The highest BCUT2D eigenvalue weighted by atomic mass is 35.5. The lowest BCUT2D eigenvalue weighted by Crippen LogP contribution is -1.84. The number of hydrogen-bond donors (Lipinski definition) is 0. The molecule has 0 aromatic carbocycles. The lowest BCUT2D eigenvalue weighted by Gasteiger charge is -1.86. The van der Waals surface area contributed by atoms with Crippen molar-refractivity contribution in [2.75, 3.05) is 25.7 Å². The normalized spacial score (nSPS) is 8.40. The monoisotopic (exact) mass is 188 g/mol. The SMILES string of the molecule is CCOCC.ClCCOCl. The Kier molecular flexibility index (Phi) is 21.3. The molecule has 0 aliphatic rings. The molecule has 0 saturated heterocycles. The maximum absolute atomic E-state index is 5.09. The van der Waals surface area contributed by atoms with Crippen molar-refractivity contribution in [2.24, 2.45) is 0 Å². The van der Waals surface area contributed by atoms with Crippen LogP contribution in [-0.2, 0) is 9.03 Å². The summed E-state index contributed by atoms with van der Waals surface area (Å²) in [5.41, 5.74) is 0. The van der Waals surface area contributed by atoms with Crippen LogP contribution in [0.4, 0.5) is 0 Å². The number of ether oxygens (including phenoxy) is 1. The van der Waals surface area contributed by atoms with Gasteiger partial charge >= 0.3 is 0 Å². The molecule has 0 unspecified atom stereocenters. The van der Waals surface area contributed by atoms with Crippen LogP contribution in [0.5, 0.6) is 0 Å². The number of hydrogen-bond acceptors (Lipinski definition) is 2. The Balaban J connectivity index is 0. The van der Waals surface area contributed by atoms with Gasteiger partial charge in [0, 0.05) is 19.1 Å². The summed E-state index contributed by atoms with van der Waals surface area (Å²) in [7, 11) is 0. The largest absolute Gasteiger partial charge is 0.382 e. The minimum Gasteiger partial charge on any atom is -0.382 e. The molecule has 0 rings (SSSR count). The molecule has 0 radical (unpaired) electrons. The summed E-state index contributed by atoms with van der Waals surface area (Å²) in [6.07, 6.45) is 0. The summed E-state index contributed by atoms with van der Waals surface area (Å²) in [5.74, 6) is 0.462. The molecule has 2 nitrogen and oxygen atoms in total. The van der Waals surface area contributed by atoms with Gasteiger partial charge in [0.15, 0.2) is 0 Å². The minimum atomic E-state index is 0.420. The van der Waals surface area contributed by atoms with E-state index in [9.17, 15) is 0 Å². The van der Waals surface area contributed by atoms with Gasteiger partial charge in [-0.2, -0.15) is 0 Å². The third-order valence-electron chi connectivity index (χ3n) is 0.563. The topological polar surface area (TPSA) is 18.5 Å². The molecule has 0 spiro atoms. The first-order chi connectivity index (χ1) is 4.83. The lowest BCUT2D eigenvalue weighted by molar-refractivity contribution is 0.162. The molecule has 0 aromatic rings. The van der Waals surface area contributed by atoms with Gasteiger partial charge in [-0.15, -0.1) is 11.6 Å². The van der Waals surface area contributed by atoms with Gasteiger partial charge in [-0.1, -0.05) is 0 Å². The lowest BCUT2D eigenvalue weighted by atomic mass is 10.8. The second kappa shape index (κ2) is 16.2. The van der Waals surface area contributed by atoms with Gasteiger partial charge in [0.05, 0.1) is 18.5 Å². The van der Waals surface area contributed by atoms with Gasteiger partial charge in [-0.3, -0.25) is 4.29 Å². The first kappa shape index (κ1) is 13.1. The number of halogens is 2. The molecule has 0 aliphatic heterocycles. The van der Waals surface area contributed by atoms with E-state index < -0.39 is 0 Å². The molecule has 0 N–H and O–H groups in total. The maximum atomic E-state index is 5.09. The van der Waals surface area contributed by atoms with E-state index in [1.807, 2.05) is 13.8 Å². The molecular weight excluding hydrogens is 175 g/mol. The zero-order valence-corrected chi connectivity index (χ0v) is 7.91. The zero-order chi connectivity index (χ0) is 8.24. The van der Waals surface area contributed by atoms with Crippen molar-refractivity contribution in [1.29, 1.82) is 0 Å². The van der Waals surface area contributed by atoms with Gasteiger partial charge < -0.3 is 4.74 Å². The van der Waals surface area contributed by atoms with E-state index in [0.717, 1.165) is 13.2 Å². The number of alkyl halides is 1. The third-order valence-corrected chi connectivity index (χ3v) is 0.871. The van der Waals surface area contributed by atoms with Gasteiger partial charge in [-0.25, -0.2) is 0 Å². The summed E-state index contributed by atoms with van der Waals surface area (Å²) < 4.78 is 8.86. The van der Waals surface area contributed by atoms with Crippen LogP contribution in [0.25, 0.3) is 0 Å². The van der Waals surface area contributed by atoms with Crippen LogP contribution in [0.1, 0.15) is 13.8 Å². The van der Waals surface area contributed by atoms with E-state index in [-0.39, 0.29) is 0 Å². The highest BCUT2D eigenvalue weighted by Gasteiger charge is 1.71. The second-order valence-corrected chi connectivity index (χ2v) is 1.88. The predicted octanol–water partition coefficient (Wildman–Crippen LogP) is 2.44.